The van der Waals surface area contributed by atoms with Gasteiger partial charge in [-0.15, -0.1) is 0 Å². The third-order valence-electron chi connectivity index (χ3n) is 9.90. The molecule has 0 amide bonds. The van der Waals surface area contributed by atoms with Crippen molar-refractivity contribution in [2.75, 3.05) is 4.90 Å². The normalized spacial score (nSPS) is 11.3. The molecule has 5 nitrogen and oxygen atoms in total. The maximum Gasteiger partial charge on any atom is 0.164 e. The van der Waals surface area contributed by atoms with Gasteiger partial charge in [0.05, 0.1) is 5.69 Å². The van der Waals surface area contributed by atoms with Crippen LogP contribution < -0.4 is 4.90 Å². The molecule has 0 bridgehead atoms. The van der Waals surface area contributed by atoms with Crippen molar-refractivity contribution in [2.45, 2.75) is 0 Å². The third kappa shape index (κ3) is 5.65. The predicted octanol–water partition coefficient (Wildman–Crippen LogP) is 13.1. The van der Waals surface area contributed by atoms with E-state index in [1.807, 2.05) is 54.6 Å². The SMILES string of the molecule is c1ccc(-c2cccc(-c3nc(-c4ccccc4)nc(-c4cccc5oc6cc(N(c7ccccc7)c7cccc8ccccc78)ccc6c45)n3)c2)cc1. The topological polar surface area (TPSA) is 55.1 Å². The average molecular weight is 693 g/mol. The van der Waals surface area contributed by atoms with E-state index in [2.05, 4.69) is 144 Å². The Morgan fingerprint density at radius 1 is 0.370 bits per heavy atom. The van der Waals surface area contributed by atoms with E-state index < -0.39 is 0 Å². The molecule has 10 aromatic rings. The van der Waals surface area contributed by atoms with Crippen molar-refractivity contribution in [1.82, 2.24) is 15.0 Å². The lowest BCUT2D eigenvalue weighted by atomic mass is 10.0. The Morgan fingerprint density at radius 2 is 0.981 bits per heavy atom. The van der Waals surface area contributed by atoms with Crippen LogP contribution in [0.15, 0.2) is 199 Å². The Morgan fingerprint density at radius 3 is 1.80 bits per heavy atom. The van der Waals surface area contributed by atoms with Gasteiger partial charge in [0.2, 0.25) is 0 Å². The number of rotatable bonds is 7. The van der Waals surface area contributed by atoms with E-state index in [1.54, 1.807) is 0 Å². The van der Waals surface area contributed by atoms with Crippen LogP contribution in [0.2, 0.25) is 0 Å². The first kappa shape index (κ1) is 31.4. The van der Waals surface area contributed by atoms with Gasteiger partial charge in [-0.05, 0) is 59.0 Å². The number of furan rings is 1. The van der Waals surface area contributed by atoms with Gasteiger partial charge in [-0.2, -0.15) is 0 Å². The van der Waals surface area contributed by atoms with E-state index in [9.17, 15) is 0 Å². The minimum absolute atomic E-state index is 0.586. The zero-order valence-electron chi connectivity index (χ0n) is 29.2. The van der Waals surface area contributed by atoms with E-state index in [4.69, 9.17) is 19.4 Å². The molecule has 10 rings (SSSR count). The highest BCUT2D eigenvalue weighted by atomic mass is 16.3. The smallest absolute Gasteiger partial charge is 0.164 e. The molecule has 0 N–H and O–H groups in total. The first-order chi connectivity index (χ1) is 26.8. The van der Waals surface area contributed by atoms with Crippen molar-refractivity contribution >= 4 is 49.8 Å². The number of anilines is 3. The fourth-order valence-electron chi connectivity index (χ4n) is 7.36. The number of hydrogen-bond donors (Lipinski definition) is 0. The summed E-state index contributed by atoms with van der Waals surface area (Å²) in [5, 5.41) is 4.31. The van der Waals surface area contributed by atoms with E-state index >= 15 is 0 Å². The molecule has 0 radical (unpaired) electrons. The van der Waals surface area contributed by atoms with E-state index in [0.29, 0.717) is 17.5 Å². The minimum Gasteiger partial charge on any atom is -0.456 e. The lowest BCUT2D eigenvalue weighted by Crippen LogP contribution is -2.10. The lowest BCUT2D eigenvalue weighted by molar-refractivity contribution is 0.669. The van der Waals surface area contributed by atoms with Gasteiger partial charge in [0, 0.05) is 50.3 Å². The fraction of sp³-hybridized carbons (Fsp3) is 0. The van der Waals surface area contributed by atoms with E-state index in [-0.39, 0.29) is 0 Å². The third-order valence-corrected chi connectivity index (χ3v) is 9.90. The lowest BCUT2D eigenvalue weighted by Gasteiger charge is -2.26. The zero-order valence-corrected chi connectivity index (χ0v) is 29.2. The molecule has 2 aromatic heterocycles. The summed E-state index contributed by atoms with van der Waals surface area (Å²) in [6.45, 7) is 0. The first-order valence-corrected chi connectivity index (χ1v) is 18.0. The second kappa shape index (κ2) is 13.3. The van der Waals surface area contributed by atoms with Gasteiger partial charge in [0.25, 0.3) is 0 Å². The van der Waals surface area contributed by atoms with Crippen LogP contribution >= 0.6 is 0 Å². The maximum absolute atomic E-state index is 6.66. The van der Waals surface area contributed by atoms with Gasteiger partial charge < -0.3 is 9.32 Å². The standard InChI is InChI=1S/C49H32N4O/c1-4-15-33(16-5-1)36-21-12-22-37(31-36)48-50-47(35-18-6-2-7-19-35)51-49(52-48)42-26-14-28-44-46(42)41-30-29-39(32-45(41)54-44)53(38-23-8-3-9-24-38)43-27-13-20-34-17-10-11-25-40(34)43/h1-32H. The van der Waals surface area contributed by atoms with Crippen LogP contribution in [-0.2, 0) is 0 Å². The second-order valence-electron chi connectivity index (χ2n) is 13.2. The van der Waals surface area contributed by atoms with Gasteiger partial charge in [0.1, 0.15) is 11.2 Å². The van der Waals surface area contributed by atoms with Crippen LogP contribution in [0.3, 0.4) is 0 Å². The summed E-state index contributed by atoms with van der Waals surface area (Å²) < 4.78 is 6.66. The Bertz CT molecular complexity index is 2940. The largest absolute Gasteiger partial charge is 0.456 e. The molecule has 0 aliphatic heterocycles. The van der Waals surface area contributed by atoms with Gasteiger partial charge in [-0.1, -0.05) is 146 Å². The molecule has 2 heterocycles. The van der Waals surface area contributed by atoms with Crippen molar-refractivity contribution in [3.05, 3.63) is 194 Å². The summed E-state index contributed by atoms with van der Waals surface area (Å²) >= 11 is 0. The number of nitrogens with zero attached hydrogens (tertiary/aromatic N) is 4. The summed E-state index contributed by atoms with van der Waals surface area (Å²) in [6.07, 6.45) is 0. The molecule has 0 unspecified atom stereocenters. The van der Waals surface area contributed by atoms with Gasteiger partial charge in [0.15, 0.2) is 17.5 Å². The molecule has 0 spiro atoms. The molecule has 254 valence electrons. The Hall–Kier alpha value is -7.37. The highest BCUT2D eigenvalue weighted by Crippen LogP contribution is 2.43. The monoisotopic (exact) mass is 692 g/mol. The Balaban J connectivity index is 1.14. The van der Waals surface area contributed by atoms with E-state index in [0.717, 1.165) is 66.8 Å². The number of fused-ring (bicyclic) bond motifs is 4. The van der Waals surface area contributed by atoms with Crippen LogP contribution in [0.25, 0.3) is 78.0 Å². The van der Waals surface area contributed by atoms with Crippen molar-refractivity contribution in [3.8, 4) is 45.3 Å². The molecule has 0 saturated heterocycles. The highest BCUT2D eigenvalue weighted by Gasteiger charge is 2.21. The van der Waals surface area contributed by atoms with Crippen molar-refractivity contribution in [3.63, 3.8) is 0 Å². The quantitative estimate of drug-likeness (QED) is 0.166. The summed E-state index contributed by atoms with van der Waals surface area (Å²) in [6, 6.07) is 66.8. The van der Waals surface area contributed by atoms with Crippen LogP contribution in [0, 0.1) is 0 Å². The molecule has 54 heavy (non-hydrogen) atoms. The van der Waals surface area contributed by atoms with Crippen molar-refractivity contribution in [2.24, 2.45) is 0 Å². The number of aromatic nitrogens is 3. The summed E-state index contributed by atoms with van der Waals surface area (Å²) in [4.78, 5) is 17.6. The van der Waals surface area contributed by atoms with Crippen LogP contribution in [0.4, 0.5) is 17.1 Å². The number of benzene rings is 8. The molecule has 0 fully saturated rings. The fourth-order valence-corrected chi connectivity index (χ4v) is 7.36. The Labute approximate surface area is 312 Å². The second-order valence-corrected chi connectivity index (χ2v) is 13.2. The maximum atomic E-state index is 6.66. The van der Waals surface area contributed by atoms with E-state index in [1.165, 1.54) is 10.8 Å². The molecule has 0 aliphatic rings. The average Bonchev–Trinajstić information content (AvgIpc) is 3.63. The van der Waals surface area contributed by atoms with Crippen LogP contribution in [0.5, 0.6) is 0 Å². The molecule has 5 heteroatoms. The molecular weight excluding hydrogens is 661 g/mol. The van der Waals surface area contributed by atoms with Crippen molar-refractivity contribution in [1.29, 1.82) is 0 Å². The first-order valence-electron chi connectivity index (χ1n) is 18.0. The molecule has 0 aliphatic carbocycles. The van der Waals surface area contributed by atoms with Crippen LogP contribution in [0.1, 0.15) is 0 Å². The highest BCUT2D eigenvalue weighted by molar-refractivity contribution is 6.13. The minimum atomic E-state index is 0.586. The Kier molecular flexibility index (Phi) is 7.73. The van der Waals surface area contributed by atoms with Crippen molar-refractivity contribution < 1.29 is 4.42 Å². The van der Waals surface area contributed by atoms with Crippen LogP contribution in [-0.4, -0.2) is 15.0 Å². The van der Waals surface area contributed by atoms with Gasteiger partial charge >= 0.3 is 0 Å². The number of para-hydroxylation sites is 1. The summed E-state index contributed by atoms with van der Waals surface area (Å²) in [5.74, 6) is 1.81. The summed E-state index contributed by atoms with van der Waals surface area (Å²) in [7, 11) is 0. The zero-order chi connectivity index (χ0) is 35.8. The molecule has 8 aromatic carbocycles. The van der Waals surface area contributed by atoms with Gasteiger partial charge in [-0.3, -0.25) is 0 Å². The predicted molar refractivity (Wildman–Crippen MR) is 221 cm³/mol. The molecular formula is C49H32N4O. The van der Waals surface area contributed by atoms with Gasteiger partial charge in [-0.25, -0.2) is 15.0 Å². The molecule has 0 saturated carbocycles. The summed E-state index contributed by atoms with van der Waals surface area (Å²) in [5.41, 5.74) is 9.66. The number of hydrogen-bond acceptors (Lipinski definition) is 5. The molecule has 0 atom stereocenters.